The Morgan fingerprint density at radius 3 is 2.21 bits per heavy atom. The number of hydrogen-bond acceptors (Lipinski definition) is 23. The Bertz CT molecular complexity index is 2540. The number of nitrogens with two attached hydrogens (primary N) is 2. The quantitative estimate of drug-likeness (QED) is 0.111. The lowest BCUT2D eigenvalue weighted by Crippen LogP contribution is -2.35. The van der Waals surface area contributed by atoms with Gasteiger partial charge in [-0.25, -0.2) is 33.5 Å². The van der Waals surface area contributed by atoms with Gasteiger partial charge in [-0.05, 0) is 41.5 Å². The van der Waals surface area contributed by atoms with Crippen LogP contribution in [0, 0.1) is 10.8 Å². The van der Waals surface area contributed by atoms with E-state index in [2.05, 4.69) is 29.9 Å². The van der Waals surface area contributed by atoms with Crippen LogP contribution in [0.5, 0.6) is 0 Å². The standard InChI is InChI=1S/C32H41FN10O14P2S2/c1-31(2,3)28(46)50-12-60-58(48)52-7-14-19(44)21(27(54-14)43-11-39-18-24(43)40-30(35)41-25(18)45)57-59(49,61-13-51-29(47)32(4,5)6)53-8-15-20(56-58)16(33)26(55-15)42-10-38-17-22(34)36-9-37-23(17)42/h9-11,14,16,19,21,26-27,44H,7-8,12-13H2,1-6H3,(H2,34,36,37)(H3,35,40,41,45)/t14?,16?,19?,21?,26?,27-,58?,59?/m1/s1. The van der Waals surface area contributed by atoms with Crippen molar-refractivity contribution in [1.29, 1.82) is 0 Å². The topological polar surface area (TPSA) is 322 Å². The van der Waals surface area contributed by atoms with E-state index in [0.29, 0.717) is 22.8 Å². The van der Waals surface area contributed by atoms with E-state index >= 15 is 4.39 Å². The van der Waals surface area contributed by atoms with Gasteiger partial charge in [0, 0.05) is 22.8 Å². The number of nitrogens with zero attached hydrogens (tertiary/aromatic N) is 7. The number of ether oxygens (including phenoxy) is 4. The van der Waals surface area contributed by atoms with Gasteiger partial charge in [-0.3, -0.25) is 42.1 Å². The molecule has 7 heterocycles. The van der Waals surface area contributed by atoms with Crippen molar-refractivity contribution < 1.29 is 65.3 Å². The lowest BCUT2D eigenvalue weighted by Gasteiger charge is -2.27. The maximum absolute atomic E-state index is 16.8. The number of carbonyl (C=O) groups excluding carboxylic acids is 2. The fraction of sp³-hybridized carbons (Fsp3) is 0.562. The monoisotopic (exact) mass is 934 g/mol. The third kappa shape index (κ3) is 9.25. The average molecular weight is 935 g/mol. The van der Waals surface area contributed by atoms with Crippen molar-refractivity contribution >= 4 is 82.4 Å². The SMILES string of the molecule is CC(C)(C)C(=O)OCSP1(=O)OCC2O[C@@H](n3cnc4c(=O)[nH]c(N)nc43)C(OP(=O)(SCOC(=O)C(C)(C)C)OCC3=C(O1)C(F)C(n1cnc4c(N)ncnc41)O3)C2O. The molecule has 0 spiro atoms. The first-order valence-corrected chi connectivity index (χ1v) is 24.4. The number of nitrogen functional groups attached to an aromatic ring is 2. The van der Waals surface area contributed by atoms with Crippen LogP contribution in [-0.4, -0.2) is 106 Å². The van der Waals surface area contributed by atoms with Crippen LogP contribution in [0.25, 0.3) is 22.3 Å². The van der Waals surface area contributed by atoms with Crippen LogP contribution in [0.3, 0.4) is 0 Å². The highest BCUT2D eigenvalue weighted by Gasteiger charge is 2.53. The molecule has 4 aromatic heterocycles. The van der Waals surface area contributed by atoms with Gasteiger partial charge in [-0.1, -0.05) is 0 Å². The number of aromatic nitrogens is 8. The Balaban J connectivity index is 1.29. The number of anilines is 2. The zero-order chi connectivity index (χ0) is 44.2. The Labute approximate surface area is 352 Å². The molecule has 61 heavy (non-hydrogen) atoms. The van der Waals surface area contributed by atoms with Gasteiger partial charge in [0.25, 0.3) is 5.56 Å². The number of hydrogen-bond donors (Lipinski definition) is 4. The Morgan fingerprint density at radius 1 is 0.934 bits per heavy atom. The van der Waals surface area contributed by atoms with E-state index in [1.54, 1.807) is 41.5 Å². The number of imidazole rings is 2. The molecule has 29 heteroatoms. The van der Waals surface area contributed by atoms with Crippen molar-refractivity contribution in [3.63, 3.8) is 0 Å². The first-order valence-electron chi connectivity index (χ1n) is 18.1. The number of H-pyrrole nitrogens is 1. The van der Waals surface area contributed by atoms with Gasteiger partial charge in [-0.2, -0.15) is 4.98 Å². The van der Waals surface area contributed by atoms with E-state index in [4.69, 9.17) is 48.5 Å². The molecule has 0 aliphatic carbocycles. The van der Waals surface area contributed by atoms with E-state index in [1.807, 2.05) is 0 Å². The first-order chi connectivity index (χ1) is 28.6. The summed E-state index contributed by atoms with van der Waals surface area (Å²) in [6.45, 7) is -1.60. The third-order valence-corrected chi connectivity index (χ3v) is 15.5. The summed E-state index contributed by atoms with van der Waals surface area (Å²) in [5.74, 6) is -4.12. The number of rotatable bonds is 8. The number of nitrogens with one attached hydrogen (secondary N) is 1. The normalized spacial score (nSPS) is 28.7. The fourth-order valence-corrected chi connectivity index (χ4v) is 11.1. The number of esters is 2. The smallest absolute Gasteiger partial charge is 0.443 e. The zero-order valence-corrected chi connectivity index (χ0v) is 36.6. The van der Waals surface area contributed by atoms with Crippen molar-refractivity contribution in [1.82, 2.24) is 39.0 Å². The number of fused-ring (bicyclic) bond motifs is 4. The van der Waals surface area contributed by atoms with E-state index in [9.17, 15) is 28.6 Å². The van der Waals surface area contributed by atoms with Gasteiger partial charge in [0.1, 0.15) is 55.0 Å². The molecule has 3 aliphatic rings. The minimum atomic E-state index is -4.74. The van der Waals surface area contributed by atoms with Crippen molar-refractivity contribution in [2.75, 3.05) is 36.6 Å². The molecular weight excluding hydrogens is 893 g/mol. The molecule has 7 unspecified atom stereocenters. The second-order valence-corrected chi connectivity index (χ2v) is 23.5. The maximum atomic E-state index is 16.8. The summed E-state index contributed by atoms with van der Waals surface area (Å²) in [7, 11) is 0. The average Bonchev–Trinajstić information content (AvgIpc) is 3.94. The van der Waals surface area contributed by atoms with Crippen LogP contribution in [0.1, 0.15) is 54.0 Å². The van der Waals surface area contributed by atoms with Crippen LogP contribution in [0.4, 0.5) is 16.2 Å². The Hall–Kier alpha value is -4.33. The van der Waals surface area contributed by atoms with Gasteiger partial charge in [0.15, 0.2) is 40.4 Å². The van der Waals surface area contributed by atoms with Crippen molar-refractivity contribution in [3.05, 3.63) is 40.9 Å². The van der Waals surface area contributed by atoms with Gasteiger partial charge in [0.05, 0.1) is 23.8 Å². The summed E-state index contributed by atoms with van der Waals surface area (Å²) >= 11 is 0.751. The molecular formula is C32H41FN10O14P2S2. The molecule has 0 aromatic carbocycles. The molecule has 4 aromatic rings. The summed E-state index contributed by atoms with van der Waals surface area (Å²) in [5, 5.41) is 11.7. The molecule has 1 saturated heterocycles. The van der Waals surface area contributed by atoms with Crippen molar-refractivity contribution in [2.24, 2.45) is 10.8 Å². The van der Waals surface area contributed by atoms with Crippen LogP contribution in [0.2, 0.25) is 0 Å². The molecule has 24 nitrogen and oxygen atoms in total. The Morgan fingerprint density at radius 2 is 1.56 bits per heavy atom. The van der Waals surface area contributed by atoms with E-state index in [-0.39, 0.29) is 34.1 Å². The first kappa shape index (κ1) is 44.7. The van der Waals surface area contributed by atoms with Crippen molar-refractivity contribution in [2.45, 2.75) is 78.5 Å². The number of aliphatic hydroxyl groups is 1. The van der Waals surface area contributed by atoms with E-state index in [1.165, 1.54) is 10.9 Å². The summed E-state index contributed by atoms with van der Waals surface area (Å²) in [6.07, 6.45) is -7.04. The molecule has 6 N–H and O–H groups in total. The van der Waals surface area contributed by atoms with Gasteiger partial charge in [-0.15, -0.1) is 0 Å². The maximum Gasteiger partial charge on any atom is 0.443 e. The summed E-state index contributed by atoms with van der Waals surface area (Å²) in [4.78, 5) is 60.7. The molecule has 8 atom stereocenters. The number of halogens is 1. The molecule has 0 radical (unpaired) electrons. The number of alkyl halides is 1. The second kappa shape index (κ2) is 16.7. The predicted octanol–water partition coefficient (Wildman–Crippen LogP) is 3.69. The third-order valence-electron chi connectivity index (χ3n) is 8.98. The molecule has 0 saturated carbocycles. The lowest BCUT2D eigenvalue weighted by molar-refractivity contribution is -0.151. The van der Waals surface area contributed by atoms with Crippen LogP contribution in [-0.2, 0) is 55.8 Å². The summed E-state index contributed by atoms with van der Waals surface area (Å²) in [5.41, 5.74) is 8.97. The second-order valence-electron chi connectivity index (χ2n) is 15.6. The highest BCUT2D eigenvalue weighted by atomic mass is 32.7. The molecule has 2 bridgehead atoms. The molecule has 1 fully saturated rings. The number of aromatic amines is 1. The fourth-order valence-electron chi connectivity index (χ4n) is 5.81. The van der Waals surface area contributed by atoms with Crippen LogP contribution in [0.15, 0.2) is 35.3 Å². The summed E-state index contributed by atoms with van der Waals surface area (Å²) < 4.78 is 95.1. The lowest BCUT2D eigenvalue weighted by atomic mass is 9.98. The summed E-state index contributed by atoms with van der Waals surface area (Å²) in [6, 6.07) is 0. The van der Waals surface area contributed by atoms with Gasteiger partial charge < -0.3 is 40.0 Å². The Kier molecular flexibility index (Phi) is 12.3. The molecule has 332 valence electrons. The highest BCUT2D eigenvalue weighted by Crippen LogP contribution is 2.66. The molecule has 7 rings (SSSR count). The van der Waals surface area contributed by atoms with Crippen LogP contribution < -0.4 is 17.0 Å². The van der Waals surface area contributed by atoms with Gasteiger partial charge in [0.2, 0.25) is 18.3 Å². The minimum absolute atomic E-state index is 0.0203. The van der Waals surface area contributed by atoms with Gasteiger partial charge >= 0.3 is 25.5 Å². The minimum Gasteiger partial charge on any atom is -0.465 e. The van der Waals surface area contributed by atoms with Crippen LogP contribution >= 0.6 is 36.4 Å². The van der Waals surface area contributed by atoms with Crippen molar-refractivity contribution in [3.8, 4) is 0 Å². The number of aliphatic hydroxyl groups excluding tert-OH is 1. The van der Waals surface area contributed by atoms with E-state index in [0.717, 1.165) is 17.2 Å². The molecule has 0 amide bonds. The number of carbonyl (C=O) groups is 2. The largest absolute Gasteiger partial charge is 0.465 e. The zero-order valence-electron chi connectivity index (χ0n) is 33.2. The predicted molar refractivity (Wildman–Crippen MR) is 213 cm³/mol. The molecule has 3 aliphatic heterocycles. The van der Waals surface area contributed by atoms with E-state index < -0.39 is 115 Å². The highest BCUT2D eigenvalue weighted by molar-refractivity contribution is 8.55.